The van der Waals surface area contributed by atoms with E-state index < -0.39 is 5.97 Å². The van der Waals surface area contributed by atoms with Gasteiger partial charge in [-0.1, -0.05) is 54.1 Å². The molecule has 0 bridgehead atoms. The Bertz CT molecular complexity index is 875. The first kappa shape index (κ1) is 16.1. The van der Waals surface area contributed by atoms with E-state index in [1.807, 2.05) is 53.1 Å². The Hall–Kier alpha value is -2.79. The van der Waals surface area contributed by atoms with Crippen LogP contribution in [-0.4, -0.2) is 20.6 Å². The molecule has 0 aliphatic carbocycles. The first-order valence-electron chi connectivity index (χ1n) is 7.41. The topological polar surface area (TPSA) is 81.1 Å². The normalized spacial score (nSPS) is 10.7. The van der Waals surface area contributed by atoms with Crippen molar-refractivity contribution in [2.24, 2.45) is 0 Å². The number of carboxylic acids is 1. The van der Waals surface area contributed by atoms with Crippen LogP contribution in [0.2, 0.25) is 5.15 Å². The molecular formula is C18H16ClN3O2. The fraction of sp³-hybridized carbons (Fsp3) is 0.111. The molecule has 0 saturated heterocycles. The minimum absolute atomic E-state index is 0.187. The fourth-order valence-corrected chi connectivity index (χ4v) is 2.86. The van der Waals surface area contributed by atoms with Gasteiger partial charge in [-0.3, -0.25) is 4.79 Å². The number of nitrogens with zero attached hydrogens (tertiary/aromatic N) is 2. The van der Waals surface area contributed by atoms with Crippen LogP contribution in [0.5, 0.6) is 0 Å². The predicted molar refractivity (Wildman–Crippen MR) is 94.0 cm³/mol. The third-order valence-corrected chi connectivity index (χ3v) is 4.03. The third-order valence-electron chi connectivity index (χ3n) is 3.73. The van der Waals surface area contributed by atoms with Gasteiger partial charge in [0.25, 0.3) is 0 Å². The maximum Gasteiger partial charge on any atom is 0.309 e. The van der Waals surface area contributed by atoms with Crippen LogP contribution >= 0.6 is 11.6 Å². The number of nitrogen functional groups attached to an aromatic ring is 1. The molecule has 0 atom stereocenters. The molecule has 2 aromatic carbocycles. The molecule has 3 aromatic rings. The molecule has 5 nitrogen and oxygen atoms in total. The lowest BCUT2D eigenvalue weighted by Crippen LogP contribution is -2.11. The number of anilines is 1. The van der Waals surface area contributed by atoms with Crippen molar-refractivity contribution in [1.82, 2.24) is 9.55 Å². The van der Waals surface area contributed by atoms with E-state index in [4.69, 9.17) is 17.3 Å². The predicted octanol–water partition coefficient (Wildman–Crippen LogP) is 3.46. The van der Waals surface area contributed by atoms with E-state index in [1.54, 1.807) is 6.07 Å². The maximum absolute atomic E-state index is 11.2. The zero-order valence-electron chi connectivity index (χ0n) is 12.8. The zero-order chi connectivity index (χ0) is 17.1. The molecule has 0 aliphatic heterocycles. The van der Waals surface area contributed by atoms with Crippen LogP contribution in [0.4, 0.5) is 5.69 Å². The van der Waals surface area contributed by atoms with E-state index in [9.17, 15) is 9.90 Å². The standard InChI is InChI=1S/C18H16ClN3O2/c19-17-15(10-16(23)24)22(11-12-6-2-1-3-7-12)18(21-17)13-8-4-5-9-14(13)20/h1-9H,10-11,20H2,(H,23,24). The summed E-state index contributed by atoms with van der Waals surface area (Å²) in [5.74, 6) is -0.392. The van der Waals surface area contributed by atoms with Crippen molar-refractivity contribution < 1.29 is 9.90 Å². The maximum atomic E-state index is 11.2. The zero-order valence-corrected chi connectivity index (χ0v) is 13.6. The molecule has 3 N–H and O–H groups in total. The molecule has 0 radical (unpaired) electrons. The highest BCUT2D eigenvalue weighted by atomic mass is 35.5. The van der Waals surface area contributed by atoms with Crippen molar-refractivity contribution in [3.63, 3.8) is 0 Å². The monoisotopic (exact) mass is 341 g/mol. The van der Waals surface area contributed by atoms with Crippen LogP contribution in [0.3, 0.4) is 0 Å². The molecule has 122 valence electrons. The van der Waals surface area contributed by atoms with E-state index in [-0.39, 0.29) is 11.6 Å². The fourth-order valence-electron chi connectivity index (χ4n) is 2.61. The molecule has 1 heterocycles. The van der Waals surface area contributed by atoms with Crippen molar-refractivity contribution >= 4 is 23.3 Å². The lowest BCUT2D eigenvalue weighted by Gasteiger charge is -2.13. The number of imidazole rings is 1. The van der Waals surface area contributed by atoms with Crippen molar-refractivity contribution in [1.29, 1.82) is 0 Å². The van der Waals surface area contributed by atoms with E-state index >= 15 is 0 Å². The quantitative estimate of drug-likeness (QED) is 0.696. The van der Waals surface area contributed by atoms with Gasteiger partial charge >= 0.3 is 5.97 Å². The van der Waals surface area contributed by atoms with Gasteiger partial charge in [0.05, 0.1) is 12.1 Å². The van der Waals surface area contributed by atoms with Gasteiger partial charge in [-0.15, -0.1) is 0 Å². The number of aliphatic carboxylic acids is 1. The second kappa shape index (κ2) is 6.76. The van der Waals surface area contributed by atoms with E-state index in [1.165, 1.54) is 0 Å². The molecule has 24 heavy (non-hydrogen) atoms. The van der Waals surface area contributed by atoms with Crippen LogP contribution in [0.25, 0.3) is 11.4 Å². The van der Waals surface area contributed by atoms with Gasteiger partial charge in [-0.2, -0.15) is 0 Å². The smallest absolute Gasteiger partial charge is 0.309 e. The summed E-state index contributed by atoms with van der Waals surface area (Å²) in [7, 11) is 0. The molecule has 0 aliphatic rings. The summed E-state index contributed by atoms with van der Waals surface area (Å²) < 4.78 is 1.82. The highest BCUT2D eigenvalue weighted by Crippen LogP contribution is 2.30. The number of halogens is 1. The number of carbonyl (C=O) groups is 1. The summed E-state index contributed by atoms with van der Waals surface area (Å²) in [6.07, 6.45) is -0.203. The summed E-state index contributed by atoms with van der Waals surface area (Å²) >= 11 is 6.23. The van der Waals surface area contributed by atoms with Crippen LogP contribution in [-0.2, 0) is 17.8 Å². The van der Waals surface area contributed by atoms with Gasteiger partial charge in [0, 0.05) is 17.8 Å². The lowest BCUT2D eigenvalue weighted by atomic mass is 10.1. The van der Waals surface area contributed by atoms with Gasteiger partial charge in [-0.25, -0.2) is 4.98 Å². The number of para-hydroxylation sites is 1. The molecule has 0 fully saturated rings. The average Bonchev–Trinajstić information content (AvgIpc) is 2.85. The highest BCUT2D eigenvalue weighted by Gasteiger charge is 2.20. The Labute approximate surface area is 144 Å². The minimum atomic E-state index is -0.960. The summed E-state index contributed by atoms with van der Waals surface area (Å²) in [5.41, 5.74) is 8.84. The minimum Gasteiger partial charge on any atom is -0.481 e. The van der Waals surface area contributed by atoms with Crippen molar-refractivity contribution in [2.45, 2.75) is 13.0 Å². The molecule has 6 heteroatoms. The van der Waals surface area contributed by atoms with Gasteiger partial charge < -0.3 is 15.4 Å². The second-order valence-electron chi connectivity index (χ2n) is 5.40. The number of hydrogen-bond donors (Lipinski definition) is 2. The van der Waals surface area contributed by atoms with Gasteiger partial charge in [0.2, 0.25) is 0 Å². The second-order valence-corrected chi connectivity index (χ2v) is 5.76. The van der Waals surface area contributed by atoms with Gasteiger partial charge in [0.15, 0.2) is 5.15 Å². The van der Waals surface area contributed by atoms with Gasteiger partial charge in [-0.05, 0) is 17.7 Å². The van der Waals surface area contributed by atoms with E-state index in [0.29, 0.717) is 23.8 Å². The van der Waals surface area contributed by atoms with Gasteiger partial charge in [0.1, 0.15) is 5.82 Å². The van der Waals surface area contributed by atoms with Crippen molar-refractivity contribution in [3.05, 3.63) is 71.0 Å². The number of rotatable bonds is 5. The Morgan fingerprint density at radius 1 is 1.12 bits per heavy atom. The highest BCUT2D eigenvalue weighted by molar-refractivity contribution is 6.30. The largest absolute Gasteiger partial charge is 0.481 e. The molecule has 1 aromatic heterocycles. The van der Waals surface area contributed by atoms with Crippen LogP contribution in [0, 0.1) is 0 Å². The summed E-state index contributed by atoms with van der Waals surface area (Å²) in [4.78, 5) is 15.6. The van der Waals surface area contributed by atoms with E-state index in [0.717, 1.165) is 11.1 Å². The van der Waals surface area contributed by atoms with E-state index in [2.05, 4.69) is 4.98 Å². The summed E-state index contributed by atoms with van der Waals surface area (Å²) in [6.45, 7) is 0.465. The number of nitrogens with two attached hydrogens (primary N) is 1. The molecule has 0 amide bonds. The Balaban J connectivity index is 2.15. The van der Waals surface area contributed by atoms with Crippen LogP contribution in [0.15, 0.2) is 54.6 Å². The Morgan fingerprint density at radius 2 is 1.79 bits per heavy atom. The van der Waals surface area contributed by atoms with Crippen LogP contribution in [0.1, 0.15) is 11.3 Å². The third kappa shape index (κ3) is 3.26. The number of carboxylic acid groups (broad SMARTS) is 1. The van der Waals surface area contributed by atoms with Crippen molar-refractivity contribution in [2.75, 3.05) is 5.73 Å². The first-order valence-corrected chi connectivity index (χ1v) is 7.79. The molecule has 3 rings (SSSR count). The molecule has 0 unspecified atom stereocenters. The molecule has 0 spiro atoms. The molecular weight excluding hydrogens is 326 g/mol. The number of hydrogen-bond acceptors (Lipinski definition) is 3. The first-order chi connectivity index (χ1) is 11.6. The molecule has 0 saturated carbocycles. The Morgan fingerprint density at radius 3 is 2.46 bits per heavy atom. The number of aromatic nitrogens is 2. The average molecular weight is 342 g/mol. The number of benzene rings is 2. The summed E-state index contributed by atoms with van der Waals surface area (Å²) in [6, 6.07) is 17.1. The summed E-state index contributed by atoms with van der Waals surface area (Å²) in [5, 5.41) is 9.38. The SMILES string of the molecule is Nc1ccccc1-c1nc(Cl)c(CC(=O)O)n1Cc1ccccc1. The Kier molecular flexibility index (Phi) is 4.53. The van der Waals surface area contributed by atoms with Crippen LogP contribution < -0.4 is 5.73 Å². The lowest BCUT2D eigenvalue weighted by molar-refractivity contribution is -0.136. The van der Waals surface area contributed by atoms with Crippen molar-refractivity contribution in [3.8, 4) is 11.4 Å².